The largest absolute Gasteiger partial charge is 0.493 e. The van der Waals surface area contributed by atoms with Crippen molar-refractivity contribution in [3.63, 3.8) is 0 Å². The molecule has 4 atom stereocenters. The molecule has 10 rings (SSSR count). The maximum absolute atomic E-state index is 14.5. The number of para-hydroxylation sites is 2. The zero-order chi connectivity index (χ0) is 65.5. The Morgan fingerprint density at radius 3 is 1.91 bits per heavy atom. The van der Waals surface area contributed by atoms with E-state index in [1.807, 2.05) is 73.3 Å². The van der Waals surface area contributed by atoms with Crippen molar-refractivity contribution < 1.29 is 73.5 Å². The van der Waals surface area contributed by atoms with Crippen LogP contribution in [0, 0.1) is 5.92 Å². The van der Waals surface area contributed by atoms with Crippen LogP contribution in [0.2, 0.25) is 0 Å². The number of rotatable bonds is 30. The zero-order valence-corrected chi connectivity index (χ0v) is 56.3. The first-order valence-electron chi connectivity index (χ1n) is 31.1. The summed E-state index contributed by atoms with van der Waals surface area (Å²) >= 11 is 0. The number of carbonyl (C=O) groups excluding carboxylic acids is 3. The van der Waals surface area contributed by atoms with Crippen LogP contribution in [0.1, 0.15) is 109 Å². The highest BCUT2D eigenvalue weighted by atomic mass is 33.1. The van der Waals surface area contributed by atoms with E-state index >= 15 is 0 Å². The minimum absolute atomic E-state index is 0.00949. The van der Waals surface area contributed by atoms with Gasteiger partial charge in [0, 0.05) is 72.0 Å². The molecule has 0 radical (unpaired) electrons. The van der Waals surface area contributed by atoms with Gasteiger partial charge in [-0.3, -0.25) is 23.5 Å². The van der Waals surface area contributed by atoms with Gasteiger partial charge in [0.25, 0.3) is 32.1 Å². The Bertz CT molecular complexity index is 3720. The van der Waals surface area contributed by atoms with Gasteiger partial charge in [-0.1, -0.05) is 77.2 Å². The van der Waals surface area contributed by atoms with Crippen molar-refractivity contribution in [3.8, 4) is 23.0 Å². The molecule has 4 aliphatic heterocycles. The lowest BCUT2D eigenvalue weighted by Crippen LogP contribution is -2.54. The summed E-state index contributed by atoms with van der Waals surface area (Å²) in [6.07, 6.45) is 5.85. The average molecular weight is 1350 g/mol. The Labute approximate surface area is 547 Å². The van der Waals surface area contributed by atoms with Crippen LogP contribution in [0.3, 0.4) is 0 Å². The summed E-state index contributed by atoms with van der Waals surface area (Å²) in [6, 6.07) is 26.4. The van der Waals surface area contributed by atoms with Gasteiger partial charge in [-0.05, 0) is 130 Å². The second-order valence-corrected chi connectivity index (χ2v) is 31.3. The van der Waals surface area contributed by atoms with Crippen LogP contribution in [-0.2, 0) is 65.3 Å². The van der Waals surface area contributed by atoms with E-state index in [-0.39, 0.29) is 79.0 Å². The number of fused-ring (bicyclic) bond motifs is 8. The fourth-order valence-corrected chi connectivity index (χ4v) is 17.4. The van der Waals surface area contributed by atoms with Crippen molar-refractivity contribution in [3.05, 3.63) is 124 Å². The summed E-state index contributed by atoms with van der Waals surface area (Å²) < 4.78 is 115. The number of hydrogen-bond donors (Lipinski definition) is 5. The molecule has 4 heterocycles. The molecule has 5 aromatic carbocycles. The third kappa shape index (κ3) is 16.0. The fraction of sp³-hybridized carbons (Fsp3) is 0.500. The quantitative estimate of drug-likeness (QED) is 0.0162. The molecule has 498 valence electrons. The van der Waals surface area contributed by atoms with Crippen molar-refractivity contribution in [2.75, 3.05) is 105 Å². The first-order valence-corrected chi connectivity index (χ1v) is 36.4. The first kappa shape index (κ1) is 68.4. The van der Waals surface area contributed by atoms with E-state index in [0.29, 0.717) is 92.0 Å². The molecule has 0 bridgehead atoms. The maximum atomic E-state index is 14.5. The molecule has 0 spiro atoms. The molecule has 1 fully saturated rings. The predicted octanol–water partition coefficient (Wildman–Crippen LogP) is 9.84. The SMILES string of the molecule is COCCOCCOCCN(CC(C)(C)SSCCC(C(=O)NC(C)(C)C1CCCCC1)S(=O)(=O)O)c1cc(COc2cc3c(cc2OC)C(=O)N2c4ccccc4C[C@H]2CN3)cc(COc2cc3c(cc2OC)C(=O)N2c4ccccc4C[C@H]2C(S(=O)(=O)O)N3)c1. The molecule has 22 nitrogen and oxygen atoms in total. The van der Waals surface area contributed by atoms with Gasteiger partial charge >= 0.3 is 0 Å². The van der Waals surface area contributed by atoms with Gasteiger partial charge in [-0.25, -0.2) is 0 Å². The lowest BCUT2D eigenvalue weighted by molar-refractivity contribution is -0.123. The zero-order valence-electron chi connectivity index (χ0n) is 53.1. The van der Waals surface area contributed by atoms with E-state index < -0.39 is 59.0 Å². The third-order valence-electron chi connectivity index (χ3n) is 17.6. The van der Waals surface area contributed by atoms with Gasteiger partial charge in [0.2, 0.25) is 5.91 Å². The van der Waals surface area contributed by atoms with Crippen LogP contribution in [0.4, 0.5) is 28.4 Å². The fourth-order valence-electron chi connectivity index (χ4n) is 13.0. The number of amides is 3. The van der Waals surface area contributed by atoms with E-state index in [4.69, 9.17) is 33.2 Å². The number of methoxy groups -OCH3 is 3. The maximum Gasteiger partial charge on any atom is 0.288 e. The van der Waals surface area contributed by atoms with E-state index in [1.54, 1.807) is 31.4 Å². The van der Waals surface area contributed by atoms with Gasteiger partial charge < -0.3 is 63.8 Å². The number of nitrogens with one attached hydrogen (secondary N) is 3. The van der Waals surface area contributed by atoms with E-state index in [0.717, 1.165) is 54.6 Å². The van der Waals surface area contributed by atoms with Crippen molar-refractivity contribution in [2.45, 2.75) is 125 Å². The molecule has 0 saturated heterocycles. The van der Waals surface area contributed by atoms with Crippen LogP contribution in [-0.4, -0.2) is 156 Å². The van der Waals surface area contributed by atoms with Crippen molar-refractivity contribution in [1.29, 1.82) is 0 Å². The molecule has 5 aromatic rings. The van der Waals surface area contributed by atoms with Gasteiger partial charge in [0.15, 0.2) is 33.6 Å². The average Bonchev–Trinajstić information content (AvgIpc) is 1.59. The summed E-state index contributed by atoms with van der Waals surface area (Å²) in [7, 11) is -2.05. The number of ether oxygens (including phenoxy) is 7. The normalized spacial score (nSPS) is 18.4. The molecule has 1 aliphatic carbocycles. The number of nitrogens with zero attached hydrogens (tertiary/aromatic N) is 3. The number of hydrogen-bond acceptors (Lipinski definition) is 19. The summed E-state index contributed by atoms with van der Waals surface area (Å²) in [6.45, 7) is 11.0. The Hall–Kier alpha value is -6.49. The predicted molar refractivity (Wildman–Crippen MR) is 359 cm³/mol. The van der Waals surface area contributed by atoms with Gasteiger partial charge in [-0.2, -0.15) is 16.8 Å². The molecular formula is C66H84N6O16S4. The smallest absolute Gasteiger partial charge is 0.288 e. The molecule has 26 heteroatoms. The van der Waals surface area contributed by atoms with Crippen LogP contribution in [0.25, 0.3) is 0 Å². The summed E-state index contributed by atoms with van der Waals surface area (Å²) in [5.41, 5.74) is 6.01. The Morgan fingerprint density at radius 1 is 0.717 bits per heavy atom. The Morgan fingerprint density at radius 2 is 1.29 bits per heavy atom. The van der Waals surface area contributed by atoms with Crippen molar-refractivity contribution >= 4 is 88.0 Å². The molecule has 3 amide bonds. The molecule has 0 aromatic heterocycles. The van der Waals surface area contributed by atoms with Crippen LogP contribution < -0.4 is 49.6 Å². The van der Waals surface area contributed by atoms with Crippen LogP contribution >= 0.6 is 21.6 Å². The number of carbonyl (C=O) groups is 3. The Balaban J connectivity index is 0.940. The standard InChI is InChI=1S/C66H84N6O16S4/c1-65(2,90-89-28-21-60(91(76,77)78)61(73)69-66(3,4)46-17-9-8-10-18-46)41-70(22-23-85-26-27-86-25-24-82-5)47-30-42(39-87-58-36-51-49(34-56(58)83-6)63(74)71-48(38-67-51)32-44-15-11-13-19-53(44)71)29-43(31-47)40-88-59-37-52-50(35-57(59)84-7)64(75)72-54-20-14-12-16-45(54)33-55(72)62(68-52)92(79,80)81/h11-16,19-20,29-31,34-37,46,48,55,60,62,67-68H,8-10,17-18,21-28,32-33,38-41H2,1-7H3,(H,69,73)(H,76,77,78)(H,79,80,81)/t48-,55-,60?,62?/m0/s1. The number of anilines is 5. The molecule has 2 unspecified atom stereocenters. The lowest BCUT2D eigenvalue weighted by atomic mass is 9.76. The molecule has 92 heavy (non-hydrogen) atoms. The minimum Gasteiger partial charge on any atom is -0.493 e. The monoisotopic (exact) mass is 1340 g/mol. The van der Waals surface area contributed by atoms with Gasteiger partial charge in [0.1, 0.15) is 13.2 Å². The second kappa shape index (κ2) is 29.4. The highest BCUT2D eigenvalue weighted by Crippen LogP contribution is 2.45. The van der Waals surface area contributed by atoms with Crippen molar-refractivity contribution in [1.82, 2.24) is 5.32 Å². The lowest BCUT2D eigenvalue weighted by Gasteiger charge is -2.38. The topological polar surface area (TPSA) is 270 Å². The van der Waals surface area contributed by atoms with E-state index in [2.05, 4.69) is 34.7 Å². The summed E-state index contributed by atoms with van der Waals surface area (Å²) in [5, 5.41) is 6.22. The van der Waals surface area contributed by atoms with Crippen LogP contribution in [0.15, 0.2) is 91.0 Å². The number of benzene rings is 5. The van der Waals surface area contributed by atoms with E-state index in [1.165, 1.54) is 52.8 Å². The second-order valence-electron chi connectivity index (χ2n) is 25.0. The van der Waals surface area contributed by atoms with Crippen molar-refractivity contribution in [2.24, 2.45) is 5.92 Å². The Kier molecular flexibility index (Phi) is 21.9. The highest BCUT2D eigenvalue weighted by molar-refractivity contribution is 8.77. The summed E-state index contributed by atoms with van der Waals surface area (Å²) in [4.78, 5) is 48.0. The third-order valence-corrected chi connectivity index (χ3v) is 23.2. The minimum atomic E-state index is -4.79. The van der Waals surface area contributed by atoms with Gasteiger partial charge in [0.05, 0.1) is 81.8 Å². The summed E-state index contributed by atoms with van der Waals surface area (Å²) in [5.74, 6) is 0.160. The highest BCUT2D eigenvalue weighted by Gasteiger charge is 2.48. The molecule has 1 saturated carbocycles. The van der Waals surface area contributed by atoms with Gasteiger partial charge in [-0.15, -0.1) is 0 Å². The molecular weight excluding hydrogens is 1260 g/mol. The molecule has 5 aliphatic rings. The molecule has 5 N–H and O–H groups in total. The first-order chi connectivity index (χ1) is 44.0. The van der Waals surface area contributed by atoms with Crippen LogP contribution in [0.5, 0.6) is 23.0 Å². The van der Waals surface area contributed by atoms with E-state index in [9.17, 15) is 40.3 Å².